The molecule has 0 aliphatic carbocycles. The first-order valence-electron chi connectivity index (χ1n) is 10.0. The SMILES string of the molecule is COCCn1ccc2c1C(O)N(C)C(C(OC(C)(C)C)C(=O)O)=C2c1ccc(Cl)cc1. The Hall–Kier alpha value is -2.32. The van der Waals surface area contributed by atoms with Gasteiger partial charge in [-0.05, 0) is 44.5 Å². The number of aliphatic carboxylic acids is 1. The van der Waals surface area contributed by atoms with Gasteiger partial charge >= 0.3 is 5.97 Å². The number of nitrogens with zero attached hydrogens (tertiary/aromatic N) is 2. The van der Waals surface area contributed by atoms with E-state index in [9.17, 15) is 15.0 Å². The highest BCUT2D eigenvalue weighted by molar-refractivity contribution is 6.30. The Morgan fingerprint density at radius 1 is 1.23 bits per heavy atom. The predicted octanol–water partition coefficient (Wildman–Crippen LogP) is 3.75. The van der Waals surface area contributed by atoms with E-state index in [-0.39, 0.29) is 0 Å². The Morgan fingerprint density at radius 3 is 2.42 bits per heavy atom. The van der Waals surface area contributed by atoms with Crippen molar-refractivity contribution in [2.75, 3.05) is 20.8 Å². The van der Waals surface area contributed by atoms with E-state index in [1.165, 1.54) is 0 Å². The topological polar surface area (TPSA) is 84.2 Å². The summed E-state index contributed by atoms with van der Waals surface area (Å²) in [6, 6.07) is 9.09. The predicted molar refractivity (Wildman–Crippen MR) is 119 cm³/mol. The van der Waals surface area contributed by atoms with E-state index >= 15 is 0 Å². The average molecular weight is 449 g/mol. The number of halogens is 1. The second-order valence-electron chi connectivity index (χ2n) is 8.50. The zero-order valence-corrected chi connectivity index (χ0v) is 19.2. The molecule has 3 rings (SSSR count). The number of ether oxygens (including phenoxy) is 2. The molecule has 2 N–H and O–H groups in total. The Kier molecular flexibility index (Phi) is 6.81. The van der Waals surface area contributed by atoms with Gasteiger partial charge in [0.1, 0.15) is 0 Å². The lowest BCUT2D eigenvalue weighted by atomic mass is 9.89. The fourth-order valence-electron chi connectivity index (χ4n) is 3.81. The molecule has 0 saturated carbocycles. The largest absolute Gasteiger partial charge is 0.479 e. The van der Waals surface area contributed by atoms with E-state index < -0.39 is 23.9 Å². The highest BCUT2D eigenvalue weighted by Gasteiger charge is 2.40. The number of rotatable bonds is 7. The summed E-state index contributed by atoms with van der Waals surface area (Å²) in [6.45, 7) is 6.45. The molecule has 1 aromatic heterocycles. The minimum absolute atomic E-state index is 0.384. The zero-order chi connectivity index (χ0) is 22.9. The summed E-state index contributed by atoms with van der Waals surface area (Å²) in [6.07, 6.45) is -0.445. The Bertz CT molecular complexity index is 975. The summed E-state index contributed by atoms with van der Waals surface area (Å²) in [5.41, 5.74) is 2.57. The van der Waals surface area contributed by atoms with Crippen LogP contribution >= 0.6 is 11.6 Å². The number of carboxylic acid groups (broad SMARTS) is 1. The van der Waals surface area contributed by atoms with E-state index in [0.717, 1.165) is 11.1 Å². The Balaban J connectivity index is 2.29. The molecular weight excluding hydrogens is 420 g/mol. The molecule has 0 bridgehead atoms. The van der Waals surface area contributed by atoms with E-state index in [4.69, 9.17) is 21.1 Å². The van der Waals surface area contributed by atoms with Gasteiger partial charge in [-0.25, -0.2) is 4.79 Å². The monoisotopic (exact) mass is 448 g/mol. The number of hydrogen-bond acceptors (Lipinski definition) is 5. The molecule has 168 valence electrons. The number of aromatic nitrogens is 1. The lowest BCUT2D eigenvalue weighted by Gasteiger charge is -2.39. The molecular formula is C23H29ClN2O5. The maximum atomic E-state index is 12.3. The van der Waals surface area contributed by atoms with Crippen molar-refractivity contribution in [1.82, 2.24) is 9.47 Å². The van der Waals surface area contributed by atoms with Crippen LogP contribution in [0, 0.1) is 0 Å². The van der Waals surface area contributed by atoms with E-state index in [1.807, 2.05) is 29.0 Å². The van der Waals surface area contributed by atoms with E-state index in [1.54, 1.807) is 52.0 Å². The molecule has 0 spiro atoms. The molecule has 1 aliphatic heterocycles. The number of aliphatic hydroxyl groups excluding tert-OH is 1. The molecule has 1 aromatic carbocycles. The van der Waals surface area contributed by atoms with Crippen LogP contribution < -0.4 is 0 Å². The van der Waals surface area contributed by atoms with Crippen LogP contribution in [-0.4, -0.2) is 58.1 Å². The normalized spacial score (nSPS) is 17.6. The second-order valence-corrected chi connectivity index (χ2v) is 8.94. The number of hydrogen-bond donors (Lipinski definition) is 2. The third kappa shape index (κ3) is 4.80. The van der Waals surface area contributed by atoms with Crippen LogP contribution in [0.3, 0.4) is 0 Å². The number of benzene rings is 1. The van der Waals surface area contributed by atoms with Crippen LogP contribution in [0.25, 0.3) is 5.57 Å². The minimum Gasteiger partial charge on any atom is -0.479 e. The van der Waals surface area contributed by atoms with Gasteiger partial charge in [-0.1, -0.05) is 23.7 Å². The van der Waals surface area contributed by atoms with Crippen molar-refractivity contribution >= 4 is 23.1 Å². The highest BCUT2D eigenvalue weighted by Crippen LogP contribution is 2.43. The molecule has 0 radical (unpaired) electrons. The van der Waals surface area contributed by atoms with Gasteiger partial charge in [0.15, 0.2) is 12.3 Å². The van der Waals surface area contributed by atoms with Crippen LogP contribution in [0.1, 0.15) is 43.8 Å². The molecule has 2 heterocycles. The Labute approximate surface area is 187 Å². The minimum atomic E-state index is -1.28. The van der Waals surface area contributed by atoms with Crippen molar-refractivity contribution in [2.24, 2.45) is 0 Å². The summed E-state index contributed by atoms with van der Waals surface area (Å²) in [7, 11) is 3.30. The smallest absolute Gasteiger partial charge is 0.339 e. The first-order chi connectivity index (χ1) is 14.5. The molecule has 0 saturated heterocycles. The summed E-state index contributed by atoms with van der Waals surface area (Å²) in [5, 5.41) is 21.8. The summed E-state index contributed by atoms with van der Waals surface area (Å²) < 4.78 is 13.1. The van der Waals surface area contributed by atoms with Gasteiger partial charge in [-0.2, -0.15) is 0 Å². The maximum absolute atomic E-state index is 12.3. The van der Waals surface area contributed by atoms with Crippen molar-refractivity contribution in [2.45, 2.75) is 45.2 Å². The van der Waals surface area contributed by atoms with Crippen molar-refractivity contribution in [3.8, 4) is 0 Å². The van der Waals surface area contributed by atoms with Gasteiger partial charge in [0, 0.05) is 43.1 Å². The lowest BCUT2D eigenvalue weighted by Crippen LogP contribution is -2.43. The standard InChI is InChI=1S/C23H29ClN2O5/c1-23(2,3)31-20(22(28)29)19-17(14-6-8-15(24)9-7-14)16-10-11-26(12-13-30-5)18(16)21(27)25(19)4/h6-11,20-21,27H,12-13H2,1-5H3,(H,28,29). The molecule has 7 nitrogen and oxygen atoms in total. The number of fused-ring (bicyclic) bond motifs is 1. The van der Waals surface area contributed by atoms with E-state index in [2.05, 4.69) is 0 Å². The fraction of sp³-hybridized carbons (Fsp3) is 0.435. The maximum Gasteiger partial charge on any atom is 0.339 e. The molecule has 2 aromatic rings. The summed E-state index contributed by atoms with van der Waals surface area (Å²) in [5.74, 6) is -1.13. The third-order valence-electron chi connectivity index (χ3n) is 5.14. The fourth-order valence-corrected chi connectivity index (χ4v) is 3.94. The van der Waals surface area contributed by atoms with Gasteiger partial charge < -0.3 is 29.2 Å². The molecule has 0 fully saturated rings. The van der Waals surface area contributed by atoms with Crippen molar-refractivity contribution in [1.29, 1.82) is 0 Å². The average Bonchev–Trinajstić information content (AvgIpc) is 3.11. The van der Waals surface area contributed by atoms with Crippen LogP contribution in [0.15, 0.2) is 42.2 Å². The zero-order valence-electron chi connectivity index (χ0n) is 18.4. The number of methoxy groups -OCH3 is 1. The number of aliphatic hydroxyl groups is 1. The first-order valence-corrected chi connectivity index (χ1v) is 10.4. The van der Waals surface area contributed by atoms with Crippen LogP contribution in [0.5, 0.6) is 0 Å². The van der Waals surface area contributed by atoms with Crippen molar-refractivity contribution < 1.29 is 24.5 Å². The quantitative estimate of drug-likeness (QED) is 0.671. The van der Waals surface area contributed by atoms with Gasteiger partial charge in [-0.15, -0.1) is 0 Å². The van der Waals surface area contributed by atoms with Gasteiger partial charge in [0.25, 0.3) is 0 Å². The molecule has 31 heavy (non-hydrogen) atoms. The Morgan fingerprint density at radius 2 is 1.87 bits per heavy atom. The molecule has 0 amide bonds. The van der Waals surface area contributed by atoms with Crippen LogP contribution in [0.2, 0.25) is 5.02 Å². The lowest BCUT2D eigenvalue weighted by molar-refractivity contribution is -0.158. The number of carbonyl (C=O) groups is 1. The first kappa shape index (κ1) is 23.3. The summed E-state index contributed by atoms with van der Waals surface area (Å²) in [4.78, 5) is 13.9. The van der Waals surface area contributed by atoms with Gasteiger partial charge in [-0.3, -0.25) is 0 Å². The van der Waals surface area contributed by atoms with E-state index in [0.29, 0.717) is 35.1 Å². The van der Waals surface area contributed by atoms with Crippen LogP contribution in [-0.2, 0) is 20.8 Å². The van der Waals surface area contributed by atoms with Gasteiger partial charge in [0.05, 0.1) is 23.6 Å². The van der Waals surface area contributed by atoms with Gasteiger partial charge in [0.2, 0.25) is 0 Å². The second kappa shape index (κ2) is 9.04. The molecule has 1 aliphatic rings. The molecule has 8 heteroatoms. The summed E-state index contributed by atoms with van der Waals surface area (Å²) >= 11 is 6.10. The van der Waals surface area contributed by atoms with Crippen LogP contribution in [0.4, 0.5) is 0 Å². The number of carboxylic acids is 1. The molecule has 2 atom stereocenters. The molecule has 2 unspecified atom stereocenters. The highest BCUT2D eigenvalue weighted by atomic mass is 35.5. The number of likely N-dealkylation sites (N-methyl/N-ethyl adjacent to an activating group) is 1. The third-order valence-corrected chi connectivity index (χ3v) is 5.39. The van der Waals surface area contributed by atoms with Crippen molar-refractivity contribution in [3.63, 3.8) is 0 Å². The van der Waals surface area contributed by atoms with Crippen molar-refractivity contribution in [3.05, 3.63) is 64.1 Å².